The van der Waals surface area contributed by atoms with Crippen molar-refractivity contribution in [3.63, 3.8) is 0 Å². The first kappa shape index (κ1) is 25.4. The highest BCUT2D eigenvalue weighted by atomic mass is 16.5. The van der Waals surface area contributed by atoms with Gasteiger partial charge >= 0.3 is 0 Å². The Kier molecular flexibility index (Phi) is 6.58. The highest BCUT2D eigenvalue weighted by Crippen LogP contribution is 2.64. The van der Waals surface area contributed by atoms with E-state index < -0.39 is 29.1 Å². The van der Waals surface area contributed by atoms with Gasteiger partial charge in [-0.05, 0) is 68.9 Å². The Bertz CT molecular complexity index is 1220. The standard InChI is InChI=1S/C29H35N3O5/c1-4-28-13-14-29(37-28)23(22(28)25(34)30-20-9-6-5-7-10-20)27(36)32(15-8-16-33)24(29)26(35)31-21-17-18(2)11-12-19(21)3/h5-7,9-12,17,22-24,33H,4,8,13-16H2,1-3H3,(H,30,34)(H,31,35)/t22-,23-,24?,28+,29?/m0/s1. The Morgan fingerprint density at radius 1 is 1.08 bits per heavy atom. The Morgan fingerprint density at radius 3 is 2.54 bits per heavy atom. The molecule has 3 fully saturated rings. The lowest BCUT2D eigenvalue weighted by Crippen LogP contribution is -2.53. The molecule has 0 aliphatic carbocycles. The van der Waals surface area contributed by atoms with Crippen molar-refractivity contribution in [2.75, 3.05) is 23.8 Å². The van der Waals surface area contributed by atoms with Crippen LogP contribution in [-0.2, 0) is 19.1 Å². The number of hydrogen-bond donors (Lipinski definition) is 3. The van der Waals surface area contributed by atoms with Crippen molar-refractivity contribution in [1.29, 1.82) is 0 Å². The number of amides is 3. The number of carbonyl (C=O) groups is 3. The Labute approximate surface area is 217 Å². The number of rotatable bonds is 8. The molecule has 3 aliphatic rings. The fourth-order valence-electron chi connectivity index (χ4n) is 6.71. The molecule has 2 aromatic carbocycles. The van der Waals surface area contributed by atoms with Crippen molar-refractivity contribution in [2.24, 2.45) is 11.8 Å². The summed E-state index contributed by atoms with van der Waals surface area (Å²) in [6.45, 7) is 5.96. The summed E-state index contributed by atoms with van der Waals surface area (Å²) in [5.41, 5.74) is 1.37. The molecule has 8 heteroatoms. The molecule has 2 unspecified atom stereocenters. The predicted molar refractivity (Wildman–Crippen MR) is 140 cm³/mol. The number of para-hydroxylation sites is 1. The number of nitrogens with zero attached hydrogens (tertiary/aromatic N) is 1. The van der Waals surface area contributed by atoms with Crippen LogP contribution in [-0.4, -0.2) is 58.1 Å². The summed E-state index contributed by atoms with van der Waals surface area (Å²) < 4.78 is 6.75. The normalized spacial score (nSPS) is 29.9. The van der Waals surface area contributed by atoms with Crippen LogP contribution in [0.1, 0.15) is 43.7 Å². The zero-order valence-electron chi connectivity index (χ0n) is 21.6. The number of aliphatic hydroxyl groups is 1. The van der Waals surface area contributed by atoms with E-state index in [0.29, 0.717) is 37.1 Å². The van der Waals surface area contributed by atoms with Crippen molar-refractivity contribution in [3.05, 3.63) is 59.7 Å². The van der Waals surface area contributed by atoms with Gasteiger partial charge in [-0.25, -0.2) is 0 Å². The number of anilines is 2. The lowest BCUT2D eigenvalue weighted by atomic mass is 9.65. The van der Waals surface area contributed by atoms with E-state index >= 15 is 0 Å². The largest absolute Gasteiger partial charge is 0.396 e. The van der Waals surface area contributed by atoms with Gasteiger partial charge in [0.2, 0.25) is 17.7 Å². The number of aryl methyl sites for hydroxylation is 2. The van der Waals surface area contributed by atoms with E-state index in [1.165, 1.54) is 4.90 Å². The molecule has 3 saturated heterocycles. The van der Waals surface area contributed by atoms with Crippen LogP contribution in [0.2, 0.25) is 0 Å². The van der Waals surface area contributed by atoms with Crippen LogP contribution < -0.4 is 10.6 Å². The van der Waals surface area contributed by atoms with Gasteiger partial charge in [-0.2, -0.15) is 0 Å². The van der Waals surface area contributed by atoms with Gasteiger partial charge in [0, 0.05) is 24.5 Å². The minimum Gasteiger partial charge on any atom is -0.396 e. The molecule has 2 aromatic rings. The highest BCUT2D eigenvalue weighted by Gasteiger charge is 2.78. The second kappa shape index (κ2) is 9.58. The fraction of sp³-hybridized carbons (Fsp3) is 0.483. The number of aliphatic hydroxyl groups excluding tert-OH is 1. The molecule has 3 heterocycles. The molecular formula is C29H35N3O5. The highest BCUT2D eigenvalue weighted by molar-refractivity contribution is 6.05. The van der Waals surface area contributed by atoms with E-state index in [-0.39, 0.29) is 30.9 Å². The van der Waals surface area contributed by atoms with Gasteiger partial charge in [0.1, 0.15) is 11.6 Å². The molecule has 2 bridgehead atoms. The van der Waals surface area contributed by atoms with E-state index in [1.807, 2.05) is 69.3 Å². The maximum atomic E-state index is 14.0. The van der Waals surface area contributed by atoms with Crippen LogP contribution in [0.3, 0.4) is 0 Å². The zero-order chi connectivity index (χ0) is 26.4. The van der Waals surface area contributed by atoms with Crippen LogP contribution in [0, 0.1) is 25.7 Å². The van der Waals surface area contributed by atoms with Crippen molar-refractivity contribution in [1.82, 2.24) is 4.90 Å². The van der Waals surface area contributed by atoms with Crippen LogP contribution in [0.4, 0.5) is 11.4 Å². The Balaban J connectivity index is 1.52. The van der Waals surface area contributed by atoms with E-state index in [2.05, 4.69) is 10.6 Å². The summed E-state index contributed by atoms with van der Waals surface area (Å²) in [5, 5.41) is 15.6. The minimum atomic E-state index is -1.09. The molecule has 3 N–H and O–H groups in total. The Morgan fingerprint density at radius 2 is 1.84 bits per heavy atom. The zero-order valence-corrected chi connectivity index (χ0v) is 21.6. The second-order valence-electron chi connectivity index (χ2n) is 10.6. The lowest BCUT2D eigenvalue weighted by Gasteiger charge is -2.34. The number of ether oxygens (including phenoxy) is 1. The number of hydrogen-bond acceptors (Lipinski definition) is 5. The van der Waals surface area contributed by atoms with Gasteiger partial charge in [-0.15, -0.1) is 0 Å². The SMILES string of the molecule is CC[C@]12CCC3(O1)C(C(=O)Nc1cc(C)ccc1C)N(CCCO)C(=O)[C@@H]3[C@H]2C(=O)Nc1ccccc1. The summed E-state index contributed by atoms with van der Waals surface area (Å²) >= 11 is 0. The van der Waals surface area contributed by atoms with E-state index in [9.17, 15) is 19.5 Å². The van der Waals surface area contributed by atoms with Crippen LogP contribution in [0.15, 0.2) is 48.5 Å². The van der Waals surface area contributed by atoms with Crippen LogP contribution >= 0.6 is 0 Å². The van der Waals surface area contributed by atoms with Gasteiger partial charge in [0.05, 0.1) is 17.4 Å². The summed E-state index contributed by atoms with van der Waals surface area (Å²) in [6, 6.07) is 14.1. The predicted octanol–water partition coefficient (Wildman–Crippen LogP) is 3.42. The topological polar surface area (TPSA) is 108 Å². The second-order valence-corrected chi connectivity index (χ2v) is 10.6. The van der Waals surface area contributed by atoms with Crippen molar-refractivity contribution < 1.29 is 24.2 Å². The van der Waals surface area contributed by atoms with Crippen LogP contribution in [0.5, 0.6) is 0 Å². The third-order valence-electron chi connectivity index (χ3n) is 8.46. The summed E-state index contributed by atoms with van der Waals surface area (Å²) in [6.07, 6.45) is 2.02. The molecular weight excluding hydrogens is 470 g/mol. The first-order valence-electron chi connectivity index (χ1n) is 13.1. The maximum Gasteiger partial charge on any atom is 0.250 e. The third-order valence-corrected chi connectivity index (χ3v) is 8.46. The maximum absolute atomic E-state index is 14.0. The molecule has 8 nitrogen and oxygen atoms in total. The van der Waals surface area contributed by atoms with Crippen LogP contribution in [0.25, 0.3) is 0 Å². The Hall–Kier alpha value is -3.23. The average Bonchev–Trinajstić information content (AvgIpc) is 3.49. The van der Waals surface area contributed by atoms with Gasteiger partial charge in [0.15, 0.2) is 0 Å². The molecule has 5 rings (SSSR count). The average molecular weight is 506 g/mol. The van der Waals surface area contributed by atoms with Crippen molar-refractivity contribution >= 4 is 29.1 Å². The van der Waals surface area contributed by atoms with Crippen molar-refractivity contribution in [3.8, 4) is 0 Å². The number of likely N-dealkylation sites (tertiary alicyclic amines) is 1. The molecule has 3 aliphatic heterocycles. The number of benzene rings is 2. The molecule has 37 heavy (non-hydrogen) atoms. The first-order chi connectivity index (χ1) is 17.8. The minimum absolute atomic E-state index is 0.107. The van der Waals surface area contributed by atoms with Gasteiger partial charge in [-0.1, -0.05) is 37.3 Å². The van der Waals surface area contributed by atoms with Gasteiger partial charge in [-0.3, -0.25) is 14.4 Å². The van der Waals surface area contributed by atoms with Crippen molar-refractivity contribution in [2.45, 2.75) is 63.7 Å². The number of carbonyl (C=O) groups excluding carboxylic acids is 3. The third kappa shape index (κ3) is 4.03. The lowest BCUT2D eigenvalue weighted by molar-refractivity contribution is -0.144. The molecule has 5 atom stereocenters. The summed E-state index contributed by atoms with van der Waals surface area (Å²) in [4.78, 5) is 43.2. The molecule has 1 spiro atoms. The van der Waals surface area contributed by atoms with E-state index in [4.69, 9.17) is 4.74 Å². The quantitative estimate of drug-likeness (QED) is 0.510. The molecule has 0 saturated carbocycles. The fourth-order valence-corrected chi connectivity index (χ4v) is 6.71. The molecule has 3 amide bonds. The number of nitrogens with one attached hydrogen (secondary N) is 2. The molecule has 0 aromatic heterocycles. The monoisotopic (exact) mass is 505 g/mol. The number of fused-ring (bicyclic) bond motifs is 1. The molecule has 0 radical (unpaired) electrons. The summed E-state index contributed by atoms with van der Waals surface area (Å²) in [7, 11) is 0. The van der Waals surface area contributed by atoms with Gasteiger partial charge < -0.3 is 25.4 Å². The first-order valence-corrected chi connectivity index (χ1v) is 13.1. The van der Waals surface area contributed by atoms with E-state index in [0.717, 1.165) is 11.1 Å². The van der Waals surface area contributed by atoms with Gasteiger partial charge in [0.25, 0.3) is 0 Å². The smallest absolute Gasteiger partial charge is 0.250 e. The van der Waals surface area contributed by atoms with E-state index in [1.54, 1.807) is 0 Å². The molecule has 196 valence electrons. The summed E-state index contributed by atoms with van der Waals surface area (Å²) in [5.74, 6) is -2.31.